The number of hydrogen-bond acceptors (Lipinski definition) is 5. The third-order valence-corrected chi connectivity index (χ3v) is 5.37. The Morgan fingerprint density at radius 1 is 1.35 bits per heavy atom. The van der Waals surface area contributed by atoms with Gasteiger partial charge in [0.05, 0.1) is 18.4 Å². The molecule has 3 aromatic rings. The number of aromatic nitrogens is 3. The van der Waals surface area contributed by atoms with Gasteiger partial charge in [0.2, 0.25) is 5.91 Å². The Balaban J connectivity index is 1.56. The summed E-state index contributed by atoms with van der Waals surface area (Å²) in [5.74, 6) is -0.0780. The van der Waals surface area contributed by atoms with E-state index in [0.29, 0.717) is 18.2 Å². The van der Waals surface area contributed by atoms with Crippen LogP contribution < -0.4 is 5.32 Å². The second-order valence-corrected chi connectivity index (χ2v) is 7.92. The minimum atomic E-state index is -0.0780. The van der Waals surface area contributed by atoms with Crippen LogP contribution in [0.4, 0.5) is 5.13 Å². The lowest BCUT2D eigenvalue weighted by Gasteiger charge is -2.15. The van der Waals surface area contributed by atoms with E-state index in [9.17, 15) is 4.79 Å². The Hall–Kier alpha value is -2.03. The summed E-state index contributed by atoms with van der Waals surface area (Å²) in [6.07, 6.45) is 1.84. The van der Waals surface area contributed by atoms with Crippen LogP contribution in [0.2, 0.25) is 0 Å². The molecule has 6 nitrogen and oxygen atoms in total. The fourth-order valence-corrected chi connectivity index (χ4v) is 3.53. The second-order valence-electron chi connectivity index (χ2n) is 6.14. The quantitative estimate of drug-likeness (QED) is 0.643. The zero-order chi connectivity index (χ0) is 18.7. The Morgan fingerprint density at radius 2 is 2.08 bits per heavy atom. The Morgan fingerprint density at radius 3 is 2.73 bits per heavy atom. The molecule has 0 aliphatic heterocycles. The average molecular weight is 434 g/mol. The summed E-state index contributed by atoms with van der Waals surface area (Å²) in [7, 11) is 3.83. The Bertz CT molecular complexity index is 903. The van der Waals surface area contributed by atoms with E-state index in [1.807, 2.05) is 66.4 Å². The molecule has 1 aromatic carbocycles. The lowest BCUT2D eigenvalue weighted by molar-refractivity contribution is -0.117. The predicted octanol–water partition coefficient (Wildman–Crippen LogP) is 3.69. The number of nitrogens with zero attached hydrogens (tertiary/aromatic N) is 4. The fraction of sp³-hybridized carbons (Fsp3) is 0.278. The Labute approximate surface area is 165 Å². The molecular weight excluding hydrogens is 414 g/mol. The molecule has 2 heterocycles. The van der Waals surface area contributed by atoms with Crippen LogP contribution in [-0.2, 0) is 18.4 Å². The molecule has 0 atom stereocenters. The van der Waals surface area contributed by atoms with Gasteiger partial charge in [-0.2, -0.15) is 5.10 Å². The van der Waals surface area contributed by atoms with E-state index in [1.54, 1.807) is 0 Å². The van der Waals surface area contributed by atoms with E-state index < -0.39 is 0 Å². The summed E-state index contributed by atoms with van der Waals surface area (Å²) in [6.45, 7) is 2.99. The van der Waals surface area contributed by atoms with Crippen molar-refractivity contribution in [3.05, 3.63) is 51.6 Å². The first kappa shape index (κ1) is 18.8. The van der Waals surface area contributed by atoms with Gasteiger partial charge in [-0.25, -0.2) is 4.98 Å². The zero-order valence-electron chi connectivity index (χ0n) is 14.9. The number of thiazole rings is 1. The molecule has 0 fully saturated rings. The molecule has 8 heteroatoms. The molecule has 1 N–H and O–H groups in total. The first-order chi connectivity index (χ1) is 12.4. The molecule has 1 amide bonds. The summed E-state index contributed by atoms with van der Waals surface area (Å²) < 4.78 is 2.86. The first-order valence-corrected chi connectivity index (χ1v) is 9.77. The van der Waals surface area contributed by atoms with Gasteiger partial charge in [-0.1, -0.05) is 28.1 Å². The van der Waals surface area contributed by atoms with E-state index in [1.165, 1.54) is 11.3 Å². The molecule has 136 valence electrons. The number of benzene rings is 1. The van der Waals surface area contributed by atoms with Crippen LogP contribution in [0.15, 0.2) is 40.3 Å². The maximum atomic E-state index is 12.3. The van der Waals surface area contributed by atoms with Crippen molar-refractivity contribution in [2.45, 2.75) is 13.5 Å². The van der Waals surface area contributed by atoms with Gasteiger partial charge >= 0.3 is 0 Å². The lowest BCUT2D eigenvalue weighted by Crippen LogP contribution is -2.29. The van der Waals surface area contributed by atoms with E-state index in [-0.39, 0.29) is 5.91 Å². The van der Waals surface area contributed by atoms with Crippen molar-refractivity contribution in [2.24, 2.45) is 7.05 Å². The van der Waals surface area contributed by atoms with Crippen LogP contribution in [0.25, 0.3) is 11.3 Å². The number of nitrogens with one attached hydrogen (secondary N) is 1. The Kier molecular flexibility index (Phi) is 5.85. The van der Waals surface area contributed by atoms with E-state index >= 15 is 0 Å². The molecule has 0 spiro atoms. The average Bonchev–Trinajstić information content (AvgIpc) is 3.17. The van der Waals surface area contributed by atoms with Gasteiger partial charge < -0.3 is 5.32 Å². The number of rotatable bonds is 6. The third-order valence-electron chi connectivity index (χ3n) is 4.08. The van der Waals surface area contributed by atoms with Gasteiger partial charge in [-0.3, -0.25) is 14.4 Å². The maximum Gasteiger partial charge on any atom is 0.240 e. The molecule has 0 aliphatic rings. The van der Waals surface area contributed by atoms with Gasteiger partial charge in [0.25, 0.3) is 0 Å². The van der Waals surface area contributed by atoms with E-state index in [0.717, 1.165) is 27.0 Å². The number of halogens is 1. The summed E-state index contributed by atoms with van der Waals surface area (Å²) >= 11 is 4.85. The van der Waals surface area contributed by atoms with Gasteiger partial charge in [0.1, 0.15) is 0 Å². The number of likely N-dealkylation sites (N-methyl/N-ethyl adjacent to an activating group) is 1. The molecule has 0 saturated carbocycles. The van der Waals surface area contributed by atoms with Crippen molar-refractivity contribution in [3.63, 3.8) is 0 Å². The third kappa shape index (κ3) is 4.57. The number of amides is 1. The van der Waals surface area contributed by atoms with Crippen molar-refractivity contribution in [1.82, 2.24) is 19.7 Å². The van der Waals surface area contributed by atoms with Crippen LogP contribution in [0.3, 0.4) is 0 Å². The molecular formula is C18H20BrN5OS. The summed E-state index contributed by atoms with van der Waals surface area (Å²) in [5.41, 5.74) is 4.11. The lowest BCUT2D eigenvalue weighted by atomic mass is 10.2. The largest absolute Gasteiger partial charge is 0.301 e. The minimum absolute atomic E-state index is 0.0780. The minimum Gasteiger partial charge on any atom is -0.301 e. The van der Waals surface area contributed by atoms with Crippen LogP contribution in [0.5, 0.6) is 0 Å². The topological polar surface area (TPSA) is 63.1 Å². The van der Waals surface area contributed by atoms with Crippen LogP contribution in [0.1, 0.15) is 11.3 Å². The molecule has 0 saturated heterocycles. The number of hydrogen-bond donors (Lipinski definition) is 1. The fourth-order valence-electron chi connectivity index (χ4n) is 2.53. The number of aryl methyl sites for hydroxylation is 1. The van der Waals surface area contributed by atoms with Gasteiger partial charge in [-0.15, -0.1) is 11.3 Å². The zero-order valence-corrected chi connectivity index (χ0v) is 17.3. The smallest absolute Gasteiger partial charge is 0.240 e. The van der Waals surface area contributed by atoms with Gasteiger partial charge in [0, 0.05) is 40.3 Å². The molecule has 0 bridgehead atoms. The summed E-state index contributed by atoms with van der Waals surface area (Å²) in [4.78, 5) is 18.7. The monoisotopic (exact) mass is 433 g/mol. The van der Waals surface area contributed by atoms with E-state index in [4.69, 9.17) is 0 Å². The standard InChI is InChI=1S/C18H20BrN5OS/c1-12-14(8-20-24(12)3)9-23(2)10-17(25)22-18-21-16(11-26-18)13-4-6-15(19)7-5-13/h4-8,11H,9-10H2,1-3H3,(H,21,22,25). The van der Waals surface area contributed by atoms with Crippen LogP contribution >= 0.6 is 27.3 Å². The van der Waals surface area contributed by atoms with E-state index in [2.05, 4.69) is 31.3 Å². The predicted molar refractivity (Wildman–Crippen MR) is 108 cm³/mol. The SMILES string of the molecule is Cc1c(CN(C)CC(=O)Nc2nc(-c3ccc(Br)cc3)cs2)cnn1C. The second kappa shape index (κ2) is 8.11. The highest BCUT2D eigenvalue weighted by atomic mass is 79.9. The number of anilines is 1. The van der Waals surface area contributed by atoms with Crippen LogP contribution in [0, 0.1) is 6.92 Å². The van der Waals surface area contributed by atoms with Crippen molar-refractivity contribution < 1.29 is 4.79 Å². The molecule has 2 aromatic heterocycles. The molecule has 0 unspecified atom stereocenters. The van der Waals surface area contributed by atoms with Crippen molar-refractivity contribution in [1.29, 1.82) is 0 Å². The first-order valence-electron chi connectivity index (χ1n) is 8.09. The molecule has 26 heavy (non-hydrogen) atoms. The highest BCUT2D eigenvalue weighted by Crippen LogP contribution is 2.26. The normalized spacial score (nSPS) is 11.1. The summed E-state index contributed by atoms with van der Waals surface area (Å²) in [5, 5.41) is 9.66. The molecule has 3 rings (SSSR count). The van der Waals surface area contributed by atoms with Crippen molar-refractivity contribution in [3.8, 4) is 11.3 Å². The molecule has 0 aliphatic carbocycles. The van der Waals surface area contributed by atoms with Gasteiger partial charge in [-0.05, 0) is 26.1 Å². The van der Waals surface area contributed by atoms with Crippen molar-refractivity contribution in [2.75, 3.05) is 18.9 Å². The molecule has 0 radical (unpaired) electrons. The van der Waals surface area contributed by atoms with Crippen LogP contribution in [-0.4, -0.2) is 39.2 Å². The number of carbonyl (C=O) groups is 1. The van der Waals surface area contributed by atoms with Crippen molar-refractivity contribution >= 4 is 38.3 Å². The maximum absolute atomic E-state index is 12.3. The van der Waals surface area contributed by atoms with Gasteiger partial charge in [0.15, 0.2) is 5.13 Å². The highest BCUT2D eigenvalue weighted by Gasteiger charge is 2.12. The highest BCUT2D eigenvalue weighted by molar-refractivity contribution is 9.10. The summed E-state index contributed by atoms with van der Waals surface area (Å²) in [6, 6.07) is 7.94. The number of carbonyl (C=O) groups excluding carboxylic acids is 1.